The maximum atomic E-state index is 9.35. The monoisotopic (exact) mass is 1090 g/mol. The molecule has 0 spiro atoms. The molecule has 9 aromatic carbocycles. The Hall–Kier alpha value is -7.98. The van der Waals surface area contributed by atoms with Crippen LogP contribution in [0, 0.1) is 18.8 Å². The van der Waals surface area contributed by atoms with Gasteiger partial charge >= 0.3 is 0 Å². The first-order valence-electron chi connectivity index (χ1n) is 24.7. The second kappa shape index (κ2) is 18.5. The van der Waals surface area contributed by atoms with Crippen molar-refractivity contribution in [1.29, 1.82) is 0 Å². The van der Waals surface area contributed by atoms with E-state index in [1.54, 1.807) is 0 Å². The Kier molecular flexibility index (Phi) is 10.8. The number of benzene rings is 9. The minimum absolute atomic E-state index is 0. The van der Waals surface area contributed by atoms with Crippen molar-refractivity contribution >= 4 is 44.6 Å². The van der Waals surface area contributed by atoms with Gasteiger partial charge in [-0.25, -0.2) is 4.98 Å². The summed E-state index contributed by atoms with van der Waals surface area (Å²) < 4.78 is 36.5. The molecule has 342 valence electrons. The quantitative estimate of drug-likeness (QED) is 0.135. The van der Waals surface area contributed by atoms with Crippen LogP contribution in [-0.4, -0.2) is 9.55 Å². The standard InChI is InChI=1S/C64H47N4O.Pt/c1-64(2,3)57-41-62(65-42-56(57)47-26-14-7-15-27-47)68-58-37-34-48(44-20-8-4-9-21-44)38-55(58)54-36-35-51(40-61(54)68)69-50-29-18-28-49(39-50)66-43-67(60-33-17-16-32-59(60)66)63-52(45-22-10-5-11-23-45)30-19-31-53(63)46-24-12-6-13-25-46;/h4-38,41-43H,1-3H3;/q-3;/i18D,28D,29D;. The predicted molar refractivity (Wildman–Crippen MR) is 285 cm³/mol. The van der Waals surface area contributed by atoms with E-state index in [2.05, 4.69) is 152 Å². The van der Waals surface area contributed by atoms with Gasteiger partial charge in [0.25, 0.3) is 0 Å². The molecule has 0 fully saturated rings. The number of anilines is 4. The van der Waals surface area contributed by atoms with E-state index in [1.807, 2.05) is 109 Å². The van der Waals surface area contributed by atoms with E-state index < -0.39 is 0 Å². The fourth-order valence-corrected chi connectivity index (χ4v) is 9.64. The van der Waals surface area contributed by atoms with Crippen LogP contribution in [-0.2, 0) is 26.5 Å². The van der Waals surface area contributed by atoms with Crippen LogP contribution in [0.3, 0.4) is 0 Å². The molecule has 11 aromatic rings. The van der Waals surface area contributed by atoms with Crippen LogP contribution in [0.25, 0.3) is 72.1 Å². The molecule has 1 aliphatic rings. The van der Waals surface area contributed by atoms with Gasteiger partial charge in [-0.15, -0.1) is 48.0 Å². The third kappa shape index (κ3) is 8.16. The summed E-state index contributed by atoms with van der Waals surface area (Å²) in [6, 6.07) is 74.6. The van der Waals surface area contributed by atoms with E-state index in [9.17, 15) is 4.11 Å². The summed E-state index contributed by atoms with van der Waals surface area (Å²) in [4.78, 5) is 9.19. The van der Waals surface area contributed by atoms with Crippen LogP contribution in [0.15, 0.2) is 225 Å². The first-order valence-corrected chi connectivity index (χ1v) is 23.2. The van der Waals surface area contributed by atoms with Crippen molar-refractivity contribution in [3.05, 3.63) is 249 Å². The van der Waals surface area contributed by atoms with Gasteiger partial charge in [0.15, 0.2) is 0 Å². The van der Waals surface area contributed by atoms with E-state index in [0.29, 0.717) is 5.75 Å². The number of nitrogens with zero attached hydrogens (tertiary/aromatic N) is 4. The van der Waals surface area contributed by atoms with Crippen molar-refractivity contribution in [2.45, 2.75) is 26.2 Å². The van der Waals surface area contributed by atoms with E-state index in [-0.39, 0.29) is 56.0 Å². The van der Waals surface area contributed by atoms with Crippen LogP contribution >= 0.6 is 0 Å². The number of ether oxygens (including phenoxy) is 1. The van der Waals surface area contributed by atoms with Gasteiger partial charge in [-0.05, 0) is 71.2 Å². The summed E-state index contributed by atoms with van der Waals surface area (Å²) in [6.07, 6.45) is 1.97. The minimum Gasteiger partial charge on any atom is -0.509 e. The Morgan fingerprint density at radius 2 is 1.11 bits per heavy atom. The second-order valence-corrected chi connectivity index (χ2v) is 18.3. The van der Waals surface area contributed by atoms with E-state index in [1.165, 1.54) is 0 Å². The molecular formula is C64H47N4OPt-3. The molecule has 0 aliphatic carbocycles. The Balaban J connectivity index is 0.00000574. The van der Waals surface area contributed by atoms with Crippen LogP contribution in [0.2, 0.25) is 0 Å². The van der Waals surface area contributed by atoms with Crippen molar-refractivity contribution in [2.75, 3.05) is 9.80 Å². The van der Waals surface area contributed by atoms with Crippen molar-refractivity contribution < 1.29 is 29.9 Å². The van der Waals surface area contributed by atoms with E-state index in [4.69, 9.17) is 9.72 Å². The van der Waals surface area contributed by atoms with Gasteiger partial charge in [-0.2, -0.15) is 12.1 Å². The van der Waals surface area contributed by atoms with Crippen molar-refractivity contribution in [3.63, 3.8) is 0 Å². The summed E-state index contributed by atoms with van der Waals surface area (Å²) in [5.41, 5.74) is 14.1. The number of aromatic nitrogens is 2. The fraction of sp³-hybridized carbons (Fsp3) is 0.0625. The number of hydrogen-bond donors (Lipinski definition) is 0. The van der Waals surface area contributed by atoms with Crippen LogP contribution in [0.5, 0.6) is 11.5 Å². The number of fused-ring (bicyclic) bond motifs is 4. The zero-order valence-electron chi connectivity index (χ0n) is 41.7. The second-order valence-electron chi connectivity index (χ2n) is 18.3. The molecule has 6 heteroatoms. The number of rotatable bonds is 9. The SMILES string of the molecule is [2H]c1c(Oc2[c-]c3c(cc2)c2cc(-c4ccccc4)ccc2n3-c2cc(C(C)(C)C)c(-c3ccccc3)cn2)[c-]c(N2[CH-]N(c3c(-c4ccccc4)cccc3-c3ccccc3)c3ccccc32)c([2H])c1[2H].[Pt]. The third-order valence-corrected chi connectivity index (χ3v) is 12.9. The Labute approximate surface area is 428 Å². The molecule has 5 nitrogen and oxygen atoms in total. The van der Waals surface area contributed by atoms with Gasteiger partial charge in [-0.1, -0.05) is 190 Å². The normalized spacial score (nSPS) is 12.9. The van der Waals surface area contributed by atoms with Crippen LogP contribution in [0.4, 0.5) is 22.7 Å². The molecule has 0 bridgehead atoms. The third-order valence-electron chi connectivity index (χ3n) is 12.9. The topological polar surface area (TPSA) is 33.5 Å². The molecule has 12 rings (SSSR count). The zero-order valence-corrected chi connectivity index (χ0v) is 41.0. The molecule has 0 unspecified atom stereocenters. The number of hydrogen-bond acceptors (Lipinski definition) is 4. The number of pyridine rings is 1. The van der Waals surface area contributed by atoms with Crippen molar-refractivity contribution in [3.8, 4) is 61.8 Å². The van der Waals surface area contributed by atoms with E-state index >= 15 is 0 Å². The average Bonchev–Trinajstić information content (AvgIpc) is 3.96. The maximum absolute atomic E-state index is 9.35. The maximum Gasteiger partial charge on any atom is 0.135 e. The zero-order chi connectivity index (χ0) is 49.1. The number of para-hydroxylation sites is 3. The van der Waals surface area contributed by atoms with Gasteiger partial charge < -0.3 is 19.1 Å². The largest absolute Gasteiger partial charge is 0.509 e. The molecule has 2 aromatic heterocycles. The van der Waals surface area contributed by atoms with Gasteiger partial charge in [0, 0.05) is 79.4 Å². The molecule has 0 atom stereocenters. The fourth-order valence-electron chi connectivity index (χ4n) is 9.64. The predicted octanol–water partition coefficient (Wildman–Crippen LogP) is 16.9. The molecule has 0 N–H and O–H groups in total. The van der Waals surface area contributed by atoms with Crippen LogP contribution in [0.1, 0.15) is 30.4 Å². The molecule has 3 heterocycles. The summed E-state index contributed by atoms with van der Waals surface area (Å²) in [5.74, 6) is 1.07. The summed E-state index contributed by atoms with van der Waals surface area (Å²) >= 11 is 0. The molecule has 0 radical (unpaired) electrons. The minimum atomic E-state index is -0.279. The molecule has 70 heavy (non-hydrogen) atoms. The Morgan fingerprint density at radius 3 is 1.74 bits per heavy atom. The summed E-state index contributed by atoms with van der Waals surface area (Å²) in [6.45, 7) is 8.63. The first-order chi connectivity index (χ1) is 35.1. The summed E-state index contributed by atoms with van der Waals surface area (Å²) in [7, 11) is 0. The average molecular weight is 1090 g/mol. The van der Waals surface area contributed by atoms with Crippen molar-refractivity contribution in [2.24, 2.45) is 0 Å². The molecular weight excluding hydrogens is 1040 g/mol. The van der Waals surface area contributed by atoms with Crippen molar-refractivity contribution in [1.82, 2.24) is 9.55 Å². The van der Waals surface area contributed by atoms with Crippen LogP contribution < -0.4 is 14.5 Å². The molecule has 0 saturated heterocycles. The van der Waals surface area contributed by atoms with E-state index in [0.717, 1.165) is 94.8 Å². The van der Waals surface area contributed by atoms with Gasteiger partial charge in [-0.3, -0.25) is 0 Å². The van der Waals surface area contributed by atoms with Gasteiger partial charge in [0.2, 0.25) is 0 Å². The van der Waals surface area contributed by atoms with Gasteiger partial charge in [0.1, 0.15) is 5.82 Å². The first kappa shape index (κ1) is 41.0. The Bertz CT molecular complexity index is 3780. The molecule has 0 saturated carbocycles. The van der Waals surface area contributed by atoms with Gasteiger partial charge in [0.05, 0.1) is 0 Å². The molecule has 0 amide bonds. The smallest absolute Gasteiger partial charge is 0.135 e. The summed E-state index contributed by atoms with van der Waals surface area (Å²) in [5, 5.41) is 1.98. The Morgan fingerprint density at radius 1 is 0.529 bits per heavy atom. The molecule has 1 aliphatic heterocycles.